The first-order chi connectivity index (χ1) is 19.9. The number of aryl methyl sites for hydroxylation is 3. The molecule has 0 unspecified atom stereocenters. The summed E-state index contributed by atoms with van der Waals surface area (Å²) in [6, 6.07) is 6.14. The van der Waals surface area contributed by atoms with Gasteiger partial charge in [-0.1, -0.05) is 19.4 Å². The van der Waals surface area contributed by atoms with Crippen LogP contribution in [0.3, 0.4) is 0 Å². The number of piperidine rings is 1. The average Bonchev–Trinajstić information content (AvgIpc) is 3.32. The van der Waals surface area contributed by atoms with Crippen molar-refractivity contribution in [1.29, 1.82) is 0 Å². The maximum atomic E-state index is 13.0. The number of anilines is 1. The lowest BCUT2D eigenvalue weighted by Gasteiger charge is -2.32. The standard InChI is InChI=1S/C29H36N8O4/c1-4-6-22-24-25(36(3)34-22)28(39)33-26(32-24)21-15-19(9-10-23(21)41-5-2)8-7-18-11-13-37(14-12-18)29-30-16-20(17-31-29)27(38)35-40/h9-10,15-18,40H,4-8,11-14H2,1-3H3,(H,35,38)(H,32,33,39). The van der Waals surface area contributed by atoms with E-state index >= 15 is 0 Å². The number of rotatable bonds is 10. The number of amides is 1. The van der Waals surface area contributed by atoms with E-state index < -0.39 is 5.91 Å². The zero-order valence-corrected chi connectivity index (χ0v) is 23.7. The van der Waals surface area contributed by atoms with Gasteiger partial charge in [0.15, 0.2) is 5.52 Å². The summed E-state index contributed by atoms with van der Waals surface area (Å²) >= 11 is 0. The van der Waals surface area contributed by atoms with Gasteiger partial charge in [-0.25, -0.2) is 20.4 Å². The quantitative estimate of drug-likeness (QED) is 0.196. The summed E-state index contributed by atoms with van der Waals surface area (Å²) in [6.45, 7) is 6.20. The Balaban J connectivity index is 1.29. The number of carbonyl (C=O) groups excluding carboxylic acids is 1. The molecule has 216 valence electrons. The predicted octanol–water partition coefficient (Wildman–Crippen LogP) is 3.43. The molecule has 5 rings (SSSR count). The van der Waals surface area contributed by atoms with Gasteiger partial charge >= 0.3 is 0 Å². The molecule has 1 aliphatic rings. The molecule has 1 fully saturated rings. The van der Waals surface area contributed by atoms with Gasteiger partial charge in [-0.3, -0.25) is 19.5 Å². The largest absolute Gasteiger partial charge is 0.493 e. The van der Waals surface area contributed by atoms with Crippen LogP contribution in [0.2, 0.25) is 0 Å². The van der Waals surface area contributed by atoms with E-state index in [2.05, 4.69) is 44.0 Å². The van der Waals surface area contributed by atoms with Crippen molar-refractivity contribution in [3.63, 3.8) is 0 Å². The summed E-state index contributed by atoms with van der Waals surface area (Å²) < 4.78 is 7.53. The Kier molecular flexibility index (Phi) is 8.58. The fourth-order valence-corrected chi connectivity index (χ4v) is 5.44. The molecule has 0 atom stereocenters. The van der Waals surface area contributed by atoms with Crippen molar-refractivity contribution in [3.05, 3.63) is 57.8 Å². The third-order valence-corrected chi connectivity index (χ3v) is 7.59. The van der Waals surface area contributed by atoms with E-state index in [-0.39, 0.29) is 11.1 Å². The lowest BCUT2D eigenvalue weighted by molar-refractivity contribution is 0.0705. The molecule has 4 heterocycles. The van der Waals surface area contributed by atoms with Crippen molar-refractivity contribution >= 4 is 22.9 Å². The highest BCUT2D eigenvalue weighted by molar-refractivity contribution is 5.92. The van der Waals surface area contributed by atoms with Gasteiger partial charge in [-0.05, 0) is 62.6 Å². The Morgan fingerprint density at radius 2 is 1.93 bits per heavy atom. The van der Waals surface area contributed by atoms with E-state index in [1.54, 1.807) is 17.2 Å². The molecule has 1 aliphatic heterocycles. The van der Waals surface area contributed by atoms with E-state index in [4.69, 9.17) is 14.9 Å². The van der Waals surface area contributed by atoms with E-state index in [1.165, 1.54) is 12.4 Å². The van der Waals surface area contributed by atoms with Gasteiger partial charge in [0.05, 0.1) is 23.4 Å². The van der Waals surface area contributed by atoms with Crippen molar-refractivity contribution in [2.24, 2.45) is 13.0 Å². The minimum Gasteiger partial charge on any atom is -0.493 e. The van der Waals surface area contributed by atoms with Crippen LogP contribution in [0.25, 0.3) is 22.4 Å². The van der Waals surface area contributed by atoms with E-state index in [0.29, 0.717) is 41.1 Å². The lowest BCUT2D eigenvalue weighted by atomic mass is 9.90. The fourth-order valence-electron chi connectivity index (χ4n) is 5.44. The van der Waals surface area contributed by atoms with Crippen molar-refractivity contribution in [2.45, 2.75) is 52.4 Å². The maximum absolute atomic E-state index is 13.0. The molecule has 1 saturated heterocycles. The van der Waals surface area contributed by atoms with Crippen LogP contribution in [0.5, 0.6) is 5.75 Å². The van der Waals surface area contributed by atoms with Crippen LogP contribution >= 0.6 is 0 Å². The van der Waals surface area contributed by atoms with Gasteiger partial charge in [0.25, 0.3) is 11.5 Å². The van der Waals surface area contributed by atoms with E-state index in [0.717, 1.165) is 68.4 Å². The third-order valence-electron chi connectivity index (χ3n) is 7.59. The summed E-state index contributed by atoms with van der Waals surface area (Å²) in [5.74, 6) is 1.70. The minimum absolute atomic E-state index is 0.210. The van der Waals surface area contributed by atoms with Gasteiger partial charge in [0.1, 0.15) is 17.1 Å². The highest BCUT2D eigenvalue weighted by Gasteiger charge is 2.22. The SMILES string of the molecule is CCCc1nn(C)c2c(=O)[nH]c(-c3cc(CCC4CCN(c5ncc(C(=O)NO)cn5)CC4)ccc3OCC)nc12. The number of H-pyrrole nitrogens is 1. The molecule has 0 radical (unpaired) electrons. The fraction of sp³-hybridized carbons (Fsp3) is 0.448. The monoisotopic (exact) mass is 560 g/mol. The Morgan fingerprint density at radius 1 is 1.17 bits per heavy atom. The smallest absolute Gasteiger partial charge is 0.277 e. The molecule has 0 bridgehead atoms. The Labute approximate surface area is 237 Å². The van der Waals surface area contributed by atoms with Crippen molar-refractivity contribution in [1.82, 2.24) is 35.2 Å². The first-order valence-corrected chi connectivity index (χ1v) is 14.1. The third kappa shape index (κ3) is 6.07. The number of hydrogen-bond acceptors (Lipinski definition) is 9. The van der Waals surface area contributed by atoms with Crippen molar-refractivity contribution < 1.29 is 14.7 Å². The number of nitrogens with zero attached hydrogens (tertiary/aromatic N) is 6. The highest BCUT2D eigenvalue weighted by atomic mass is 16.5. The normalized spacial score (nSPS) is 14.0. The second kappa shape index (κ2) is 12.5. The average molecular weight is 561 g/mol. The van der Waals surface area contributed by atoms with Crippen LogP contribution in [-0.2, 0) is 19.9 Å². The molecule has 12 heteroatoms. The van der Waals surface area contributed by atoms with Gasteiger partial charge in [-0.2, -0.15) is 5.10 Å². The van der Waals surface area contributed by atoms with E-state index in [9.17, 15) is 9.59 Å². The first-order valence-electron chi connectivity index (χ1n) is 14.1. The molecule has 0 saturated carbocycles. The molecule has 3 aromatic heterocycles. The van der Waals surface area contributed by atoms with Crippen molar-refractivity contribution in [2.75, 3.05) is 24.6 Å². The van der Waals surface area contributed by atoms with Gasteiger partial charge in [0, 0.05) is 32.5 Å². The first kappa shape index (κ1) is 28.2. The van der Waals surface area contributed by atoms with Crippen molar-refractivity contribution in [3.8, 4) is 17.1 Å². The lowest BCUT2D eigenvalue weighted by Crippen LogP contribution is -2.35. The van der Waals surface area contributed by atoms with Crippen LogP contribution < -0.4 is 20.7 Å². The zero-order valence-electron chi connectivity index (χ0n) is 23.7. The molecule has 1 aromatic carbocycles. The van der Waals surface area contributed by atoms with Crippen LogP contribution in [0.4, 0.5) is 5.95 Å². The molecule has 41 heavy (non-hydrogen) atoms. The summed E-state index contributed by atoms with van der Waals surface area (Å²) in [7, 11) is 1.77. The number of carbonyl (C=O) groups is 1. The van der Waals surface area contributed by atoms with Gasteiger partial charge < -0.3 is 14.6 Å². The number of aromatic nitrogens is 6. The summed E-state index contributed by atoms with van der Waals surface area (Å²) in [4.78, 5) is 43.1. The number of benzene rings is 1. The number of fused-ring (bicyclic) bond motifs is 1. The number of hydrogen-bond donors (Lipinski definition) is 3. The van der Waals surface area contributed by atoms with Crippen LogP contribution in [0, 0.1) is 5.92 Å². The van der Waals surface area contributed by atoms with E-state index in [1.807, 2.05) is 13.0 Å². The molecule has 0 aliphatic carbocycles. The second-order valence-corrected chi connectivity index (χ2v) is 10.4. The Bertz CT molecular complexity index is 1570. The van der Waals surface area contributed by atoms with Gasteiger partial charge in [-0.15, -0.1) is 0 Å². The molecule has 3 N–H and O–H groups in total. The predicted molar refractivity (Wildman–Crippen MR) is 154 cm³/mol. The Hall–Kier alpha value is -4.32. The molecule has 4 aromatic rings. The summed E-state index contributed by atoms with van der Waals surface area (Å²) in [5, 5.41) is 13.3. The highest BCUT2D eigenvalue weighted by Crippen LogP contribution is 2.31. The van der Waals surface area contributed by atoms with Crippen LogP contribution in [-0.4, -0.2) is 60.5 Å². The summed E-state index contributed by atoms with van der Waals surface area (Å²) in [5.41, 5.74) is 5.48. The molecular formula is C29H36N8O4. The van der Waals surface area contributed by atoms with Gasteiger partial charge in [0.2, 0.25) is 5.95 Å². The zero-order chi connectivity index (χ0) is 28.9. The second-order valence-electron chi connectivity index (χ2n) is 10.4. The number of hydroxylamine groups is 1. The summed E-state index contributed by atoms with van der Waals surface area (Å²) in [6.07, 6.45) is 8.46. The molecule has 1 amide bonds. The molecular weight excluding hydrogens is 524 g/mol. The minimum atomic E-state index is -0.631. The maximum Gasteiger partial charge on any atom is 0.277 e. The number of ether oxygens (including phenoxy) is 1. The Morgan fingerprint density at radius 3 is 2.61 bits per heavy atom. The number of nitrogens with one attached hydrogen (secondary N) is 2. The number of aromatic amines is 1. The topological polar surface area (TPSA) is 151 Å². The molecule has 0 spiro atoms. The van der Waals surface area contributed by atoms with Crippen LogP contribution in [0.15, 0.2) is 35.4 Å². The van der Waals surface area contributed by atoms with Crippen LogP contribution in [0.1, 0.15) is 61.1 Å². The molecule has 12 nitrogen and oxygen atoms in total.